The summed E-state index contributed by atoms with van der Waals surface area (Å²) in [6.07, 6.45) is 3.04. The zero-order valence-electron chi connectivity index (χ0n) is 15.6. The second kappa shape index (κ2) is 6.12. The standard InChI is InChI=1S/C22H25FN2S/c1-14-8-17(10-18(23)9-14)15-4-5-16-12-21(2,3)13-22(19(16)11-15)6-7-26-20(24)25-22/h4-5,8-11H,6-7,12-13H2,1-3H3,(H2,24,25). The van der Waals surface area contributed by atoms with Gasteiger partial charge in [-0.15, -0.1) is 0 Å². The molecule has 0 saturated carbocycles. The third kappa shape index (κ3) is 3.16. The van der Waals surface area contributed by atoms with E-state index in [9.17, 15) is 4.39 Å². The summed E-state index contributed by atoms with van der Waals surface area (Å²) in [4.78, 5) is 4.96. The predicted octanol–water partition coefficient (Wildman–Crippen LogP) is 5.42. The van der Waals surface area contributed by atoms with Gasteiger partial charge in [-0.25, -0.2) is 4.39 Å². The largest absolute Gasteiger partial charge is 0.379 e. The minimum atomic E-state index is -0.245. The Labute approximate surface area is 159 Å². The molecule has 4 heteroatoms. The number of aryl methyl sites for hydroxylation is 1. The average molecular weight is 369 g/mol. The quantitative estimate of drug-likeness (QED) is 0.730. The van der Waals surface area contributed by atoms with Crippen molar-refractivity contribution in [1.29, 1.82) is 0 Å². The molecule has 0 saturated heterocycles. The van der Waals surface area contributed by atoms with E-state index >= 15 is 0 Å². The van der Waals surface area contributed by atoms with Gasteiger partial charge in [-0.05, 0) is 77.6 Å². The summed E-state index contributed by atoms with van der Waals surface area (Å²) in [5, 5.41) is 0.687. The topological polar surface area (TPSA) is 38.4 Å². The van der Waals surface area contributed by atoms with Crippen molar-refractivity contribution in [3.63, 3.8) is 0 Å². The van der Waals surface area contributed by atoms with E-state index in [-0.39, 0.29) is 16.8 Å². The first-order valence-corrected chi connectivity index (χ1v) is 10.1. The molecule has 2 aliphatic rings. The van der Waals surface area contributed by atoms with Gasteiger partial charge >= 0.3 is 0 Å². The highest BCUT2D eigenvalue weighted by atomic mass is 32.2. The van der Waals surface area contributed by atoms with Gasteiger partial charge < -0.3 is 5.73 Å². The lowest BCUT2D eigenvalue weighted by molar-refractivity contribution is 0.205. The van der Waals surface area contributed by atoms with Crippen LogP contribution < -0.4 is 5.73 Å². The summed E-state index contributed by atoms with van der Waals surface area (Å²) in [6.45, 7) is 6.56. The molecule has 0 aromatic heterocycles. The summed E-state index contributed by atoms with van der Waals surface area (Å²) in [6, 6.07) is 11.8. The van der Waals surface area contributed by atoms with Gasteiger partial charge in [0.1, 0.15) is 5.82 Å². The maximum atomic E-state index is 13.9. The van der Waals surface area contributed by atoms with Crippen molar-refractivity contribution in [2.45, 2.75) is 45.6 Å². The number of aliphatic imine (C=N–C) groups is 1. The molecule has 2 aromatic carbocycles. The van der Waals surface area contributed by atoms with E-state index in [0.717, 1.165) is 41.7 Å². The van der Waals surface area contributed by atoms with Crippen LogP contribution in [-0.2, 0) is 12.0 Å². The third-order valence-electron chi connectivity index (χ3n) is 5.52. The predicted molar refractivity (Wildman–Crippen MR) is 109 cm³/mol. The zero-order chi connectivity index (χ0) is 18.5. The highest BCUT2D eigenvalue weighted by Gasteiger charge is 2.45. The van der Waals surface area contributed by atoms with Crippen LogP contribution in [0.4, 0.5) is 4.39 Å². The minimum absolute atomic E-state index is 0.190. The molecule has 26 heavy (non-hydrogen) atoms. The van der Waals surface area contributed by atoms with Crippen LogP contribution in [0.2, 0.25) is 0 Å². The van der Waals surface area contributed by atoms with Crippen LogP contribution in [0.1, 0.15) is 43.4 Å². The number of halogens is 1. The molecule has 0 bridgehead atoms. The van der Waals surface area contributed by atoms with Crippen molar-refractivity contribution in [3.05, 3.63) is 58.9 Å². The zero-order valence-corrected chi connectivity index (χ0v) is 16.4. The Morgan fingerprint density at radius 3 is 2.65 bits per heavy atom. The van der Waals surface area contributed by atoms with Gasteiger partial charge in [0, 0.05) is 5.75 Å². The van der Waals surface area contributed by atoms with Gasteiger partial charge in [0.15, 0.2) is 5.17 Å². The number of hydrogen-bond acceptors (Lipinski definition) is 3. The fourth-order valence-corrected chi connectivity index (χ4v) is 5.55. The highest BCUT2D eigenvalue weighted by Crippen LogP contribution is 2.51. The number of thioether (sulfide) groups is 1. The number of fused-ring (bicyclic) bond motifs is 2. The first-order chi connectivity index (χ1) is 12.3. The molecule has 1 atom stereocenters. The molecule has 136 valence electrons. The van der Waals surface area contributed by atoms with Crippen LogP contribution in [0.5, 0.6) is 0 Å². The first kappa shape index (κ1) is 17.6. The van der Waals surface area contributed by atoms with Crippen LogP contribution >= 0.6 is 11.8 Å². The van der Waals surface area contributed by atoms with Gasteiger partial charge in [0.2, 0.25) is 0 Å². The lowest BCUT2D eigenvalue weighted by Crippen LogP contribution is -2.41. The molecular weight excluding hydrogens is 343 g/mol. The molecule has 0 fully saturated rings. The fourth-order valence-electron chi connectivity index (χ4n) is 4.66. The molecule has 1 unspecified atom stereocenters. The van der Waals surface area contributed by atoms with E-state index in [0.29, 0.717) is 5.17 Å². The smallest absolute Gasteiger partial charge is 0.154 e. The Kier molecular flexibility index (Phi) is 4.14. The lowest BCUT2D eigenvalue weighted by atomic mass is 9.64. The van der Waals surface area contributed by atoms with E-state index in [1.165, 1.54) is 11.1 Å². The summed E-state index contributed by atoms with van der Waals surface area (Å²) in [5.41, 5.74) is 11.6. The summed E-state index contributed by atoms with van der Waals surface area (Å²) < 4.78 is 13.9. The fraction of sp³-hybridized carbons (Fsp3) is 0.409. The Bertz CT molecular complexity index is 883. The molecule has 1 aliphatic heterocycles. The molecule has 1 spiro atoms. The van der Waals surface area contributed by atoms with Crippen molar-refractivity contribution in [2.24, 2.45) is 16.1 Å². The normalized spacial score (nSPS) is 24.2. The van der Waals surface area contributed by atoms with Crippen molar-refractivity contribution in [1.82, 2.24) is 0 Å². The SMILES string of the molecule is Cc1cc(F)cc(-c2ccc3c(c2)C2(CCSC(N)=N2)CC(C)(C)C3)c1. The Morgan fingerprint density at radius 1 is 1.12 bits per heavy atom. The highest BCUT2D eigenvalue weighted by molar-refractivity contribution is 8.13. The number of amidine groups is 1. The Morgan fingerprint density at radius 2 is 1.92 bits per heavy atom. The molecular formula is C22H25FN2S. The minimum Gasteiger partial charge on any atom is -0.379 e. The van der Waals surface area contributed by atoms with Crippen molar-refractivity contribution in [2.75, 3.05) is 5.75 Å². The van der Waals surface area contributed by atoms with Gasteiger partial charge in [-0.2, -0.15) is 0 Å². The second-order valence-electron chi connectivity index (χ2n) is 8.49. The van der Waals surface area contributed by atoms with Crippen molar-refractivity contribution in [3.8, 4) is 11.1 Å². The van der Waals surface area contributed by atoms with Gasteiger partial charge in [0.05, 0.1) is 5.54 Å². The summed E-state index contributed by atoms with van der Waals surface area (Å²) in [7, 11) is 0. The molecule has 1 heterocycles. The number of hydrogen-bond donors (Lipinski definition) is 1. The van der Waals surface area contributed by atoms with E-state index in [4.69, 9.17) is 10.7 Å². The van der Waals surface area contributed by atoms with Crippen LogP contribution in [0.25, 0.3) is 11.1 Å². The van der Waals surface area contributed by atoms with E-state index in [1.807, 2.05) is 13.0 Å². The Hall–Kier alpha value is -1.81. The molecule has 4 rings (SSSR count). The van der Waals surface area contributed by atoms with Crippen molar-refractivity contribution < 1.29 is 4.39 Å². The summed E-state index contributed by atoms with van der Waals surface area (Å²) in [5.74, 6) is 0.804. The molecule has 2 N–H and O–H groups in total. The van der Waals surface area contributed by atoms with Crippen LogP contribution in [-0.4, -0.2) is 10.9 Å². The Balaban J connectivity index is 1.89. The van der Waals surface area contributed by atoms with Crippen molar-refractivity contribution >= 4 is 16.9 Å². The average Bonchev–Trinajstić information content (AvgIpc) is 2.52. The number of rotatable bonds is 1. The molecule has 0 amide bonds. The monoisotopic (exact) mass is 368 g/mol. The molecule has 1 aliphatic carbocycles. The lowest BCUT2D eigenvalue weighted by Gasteiger charge is -2.45. The van der Waals surface area contributed by atoms with Gasteiger partial charge in [-0.1, -0.05) is 43.8 Å². The van der Waals surface area contributed by atoms with Crippen LogP contribution in [0.15, 0.2) is 41.4 Å². The van der Waals surface area contributed by atoms with Gasteiger partial charge in [-0.3, -0.25) is 4.99 Å². The maximum absolute atomic E-state index is 13.9. The molecule has 2 aromatic rings. The number of nitrogens with zero attached hydrogens (tertiary/aromatic N) is 1. The van der Waals surface area contributed by atoms with Crippen LogP contribution in [0, 0.1) is 18.2 Å². The van der Waals surface area contributed by atoms with Crippen LogP contribution in [0.3, 0.4) is 0 Å². The molecule has 2 nitrogen and oxygen atoms in total. The van der Waals surface area contributed by atoms with Gasteiger partial charge in [0.25, 0.3) is 0 Å². The van der Waals surface area contributed by atoms with E-state index < -0.39 is 0 Å². The maximum Gasteiger partial charge on any atom is 0.154 e. The first-order valence-electron chi connectivity index (χ1n) is 9.16. The second-order valence-corrected chi connectivity index (χ2v) is 9.60. The number of benzene rings is 2. The number of nitrogens with two attached hydrogens (primary N) is 1. The summed E-state index contributed by atoms with van der Waals surface area (Å²) >= 11 is 1.64. The van der Waals surface area contributed by atoms with E-state index in [2.05, 4.69) is 32.0 Å². The van der Waals surface area contributed by atoms with E-state index in [1.54, 1.807) is 23.9 Å². The third-order valence-corrected chi connectivity index (χ3v) is 6.31. The molecule has 0 radical (unpaired) electrons.